The van der Waals surface area contributed by atoms with Crippen LogP contribution in [-0.4, -0.2) is 18.0 Å². The van der Waals surface area contributed by atoms with Gasteiger partial charge in [0, 0.05) is 5.41 Å². The van der Waals surface area contributed by atoms with E-state index in [4.69, 9.17) is 5.73 Å². The third kappa shape index (κ3) is 3.17. The lowest BCUT2D eigenvalue weighted by atomic mass is 9.85. The van der Waals surface area contributed by atoms with Gasteiger partial charge in [-0.05, 0) is 5.56 Å². The zero-order valence-electron chi connectivity index (χ0n) is 11.9. The van der Waals surface area contributed by atoms with Gasteiger partial charge in [-0.2, -0.15) is 13.2 Å². The van der Waals surface area contributed by atoms with Crippen molar-refractivity contribution in [2.45, 2.75) is 32.5 Å². The van der Waals surface area contributed by atoms with Crippen LogP contribution in [0.25, 0.3) is 0 Å². The van der Waals surface area contributed by atoms with E-state index in [1.165, 1.54) is 39.0 Å². The van der Waals surface area contributed by atoms with Gasteiger partial charge >= 0.3 is 6.18 Å². The predicted molar refractivity (Wildman–Crippen MR) is 71.0 cm³/mol. The molecule has 116 valence electrons. The van der Waals surface area contributed by atoms with Crippen molar-refractivity contribution in [1.82, 2.24) is 5.32 Å². The molecule has 0 radical (unpaired) electrons. The smallest absolute Gasteiger partial charge is 0.367 e. The van der Waals surface area contributed by atoms with Crippen LogP contribution < -0.4 is 11.1 Å². The first-order chi connectivity index (χ1) is 9.43. The maximum Gasteiger partial charge on any atom is 0.425 e. The standard InChI is InChI=1S/C14H17F3N2O2/c1-12(2,3)11(21)19-13(10(18)20,14(15,16)17)9-7-5-4-6-8-9/h4-8H,1-3H3,(H2,18,20)(H,19,21). The SMILES string of the molecule is CC(C)(C)C(=O)NC(C(N)=O)(c1ccccc1)C(F)(F)F. The van der Waals surface area contributed by atoms with Crippen molar-refractivity contribution in [2.24, 2.45) is 11.1 Å². The first-order valence-corrected chi connectivity index (χ1v) is 6.17. The molecule has 1 rings (SSSR count). The fourth-order valence-electron chi connectivity index (χ4n) is 1.70. The summed E-state index contributed by atoms with van der Waals surface area (Å²) < 4.78 is 40.6. The fourth-order valence-corrected chi connectivity index (χ4v) is 1.70. The van der Waals surface area contributed by atoms with Gasteiger partial charge in [0.2, 0.25) is 11.4 Å². The Bertz CT molecular complexity index is 535. The Morgan fingerprint density at radius 1 is 1.05 bits per heavy atom. The summed E-state index contributed by atoms with van der Waals surface area (Å²) in [4.78, 5) is 23.6. The van der Waals surface area contributed by atoms with E-state index < -0.39 is 34.5 Å². The normalized spacial score (nSPS) is 15.1. The van der Waals surface area contributed by atoms with E-state index in [1.54, 1.807) is 5.32 Å². The second-order valence-corrected chi connectivity index (χ2v) is 5.68. The topological polar surface area (TPSA) is 72.2 Å². The number of nitrogens with one attached hydrogen (secondary N) is 1. The van der Waals surface area contributed by atoms with Gasteiger partial charge in [0.1, 0.15) is 0 Å². The molecule has 1 atom stereocenters. The molecule has 1 unspecified atom stereocenters. The first kappa shape index (κ1) is 17.0. The van der Waals surface area contributed by atoms with Gasteiger partial charge in [0.25, 0.3) is 5.91 Å². The van der Waals surface area contributed by atoms with Crippen molar-refractivity contribution < 1.29 is 22.8 Å². The summed E-state index contributed by atoms with van der Waals surface area (Å²) in [6.07, 6.45) is -5.07. The predicted octanol–water partition coefficient (Wildman–Crippen LogP) is 2.09. The molecule has 0 aliphatic heterocycles. The Kier molecular flexibility index (Phi) is 4.36. The third-order valence-electron chi connectivity index (χ3n) is 2.98. The molecule has 0 saturated carbocycles. The minimum Gasteiger partial charge on any atom is -0.367 e. The van der Waals surface area contributed by atoms with E-state index >= 15 is 0 Å². The zero-order chi connectivity index (χ0) is 16.5. The van der Waals surface area contributed by atoms with Crippen LogP contribution in [0.15, 0.2) is 30.3 Å². The number of benzene rings is 1. The molecule has 0 aromatic heterocycles. The molecule has 0 spiro atoms. The van der Waals surface area contributed by atoms with E-state index in [2.05, 4.69) is 0 Å². The van der Waals surface area contributed by atoms with Crippen molar-refractivity contribution in [3.8, 4) is 0 Å². The van der Waals surface area contributed by atoms with E-state index in [-0.39, 0.29) is 0 Å². The summed E-state index contributed by atoms with van der Waals surface area (Å²) in [6, 6.07) is 6.36. The summed E-state index contributed by atoms with van der Waals surface area (Å²) in [5.41, 5.74) is 0.218. The molecule has 0 aliphatic carbocycles. The Labute approximate surface area is 120 Å². The molecule has 4 nitrogen and oxygen atoms in total. The summed E-state index contributed by atoms with van der Waals surface area (Å²) in [5.74, 6) is -2.61. The van der Waals surface area contributed by atoms with E-state index in [1.807, 2.05) is 0 Å². The molecular formula is C14H17F3N2O2. The molecule has 1 aromatic carbocycles. The molecule has 0 heterocycles. The maximum atomic E-state index is 13.5. The molecule has 2 amide bonds. The first-order valence-electron chi connectivity index (χ1n) is 6.17. The van der Waals surface area contributed by atoms with Crippen LogP contribution >= 0.6 is 0 Å². The van der Waals surface area contributed by atoms with Gasteiger partial charge in [-0.15, -0.1) is 0 Å². The molecule has 3 N–H and O–H groups in total. The number of halogens is 3. The van der Waals surface area contributed by atoms with E-state index in [0.29, 0.717) is 0 Å². The summed E-state index contributed by atoms with van der Waals surface area (Å²) in [6.45, 7) is 4.32. The number of hydrogen-bond acceptors (Lipinski definition) is 2. The highest BCUT2D eigenvalue weighted by Crippen LogP contribution is 2.39. The largest absolute Gasteiger partial charge is 0.425 e. The minimum atomic E-state index is -5.07. The van der Waals surface area contributed by atoms with E-state index in [9.17, 15) is 22.8 Å². The molecule has 7 heteroatoms. The lowest BCUT2D eigenvalue weighted by Gasteiger charge is -2.36. The quantitative estimate of drug-likeness (QED) is 0.897. The highest BCUT2D eigenvalue weighted by atomic mass is 19.4. The Morgan fingerprint density at radius 2 is 1.52 bits per heavy atom. The van der Waals surface area contributed by atoms with E-state index in [0.717, 1.165) is 12.1 Å². The second-order valence-electron chi connectivity index (χ2n) is 5.68. The van der Waals surface area contributed by atoms with Gasteiger partial charge in [0.05, 0.1) is 0 Å². The molecule has 21 heavy (non-hydrogen) atoms. The highest BCUT2D eigenvalue weighted by molar-refractivity contribution is 5.93. The molecule has 0 saturated heterocycles. The Balaban J connectivity index is 3.49. The number of primary amides is 1. The zero-order valence-corrected chi connectivity index (χ0v) is 11.9. The van der Waals surface area contributed by atoms with Crippen LogP contribution in [0.3, 0.4) is 0 Å². The van der Waals surface area contributed by atoms with Crippen molar-refractivity contribution >= 4 is 11.8 Å². The van der Waals surface area contributed by atoms with Crippen LogP contribution in [0.4, 0.5) is 13.2 Å². The molecule has 0 bridgehead atoms. The van der Waals surface area contributed by atoms with Crippen molar-refractivity contribution in [3.63, 3.8) is 0 Å². The number of carbonyl (C=O) groups is 2. The Morgan fingerprint density at radius 3 is 1.86 bits per heavy atom. The monoisotopic (exact) mass is 302 g/mol. The third-order valence-corrected chi connectivity index (χ3v) is 2.98. The van der Waals surface area contributed by atoms with Gasteiger partial charge in [-0.1, -0.05) is 51.1 Å². The minimum absolute atomic E-state index is 0.428. The maximum absolute atomic E-state index is 13.5. The summed E-state index contributed by atoms with van der Waals surface area (Å²) in [5, 5.41) is 1.79. The fraction of sp³-hybridized carbons (Fsp3) is 0.429. The molecular weight excluding hydrogens is 285 g/mol. The number of hydrogen-bond donors (Lipinski definition) is 2. The molecule has 1 aromatic rings. The van der Waals surface area contributed by atoms with Gasteiger partial charge in [-0.25, -0.2) is 0 Å². The van der Waals surface area contributed by atoms with Crippen LogP contribution in [0.2, 0.25) is 0 Å². The van der Waals surface area contributed by atoms with Crippen LogP contribution in [0.5, 0.6) is 0 Å². The van der Waals surface area contributed by atoms with Crippen LogP contribution in [0, 0.1) is 5.41 Å². The number of nitrogens with two attached hydrogens (primary N) is 1. The second kappa shape index (κ2) is 5.38. The number of carbonyl (C=O) groups excluding carboxylic acids is 2. The van der Waals surface area contributed by atoms with Crippen LogP contribution in [-0.2, 0) is 15.1 Å². The van der Waals surface area contributed by atoms with Crippen molar-refractivity contribution in [3.05, 3.63) is 35.9 Å². The molecule has 0 aliphatic rings. The van der Waals surface area contributed by atoms with Crippen LogP contribution in [0.1, 0.15) is 26.3 Å². The Hall–Kier alpha value is -2.05. The lowest BCUT2D eigenvalue weighted by molar-refractivity contribution is -0.204. The number of alkyl halides is 3. The summed E-state index contributed by atoms with van der Waals surface area (Å²) in [7, 11) is 0. The number of rotatable bonds is 3. The average Bonchev–Trinajstić information content (AvgIpc) is 2.33. The van der Waals surface area contributed by atoms with Gasteiger partial charge < -0.3 is 11.1 Å². The summed E-state index contributed by atoms with van der Waals surface area (Å²) >= 11 is 0. The van der Waals surface area contributed by atoms with Gasteiger partial charge in [-0.3, -0.25) is 9.59 Å². The lowest BCUT2D eigenvalue weighted by Crippen LogP contribution is -2.65. The van der Waals surface area contributed by atoms with Crippen molar-refractivity contribution in [1.29, 1.82) is 0 Å². The number of amides is 2. The highest BCUT2D eigenvalue weighted by Gasteiger charge is 2.62. The molecule has 0 fully saturated rings. The average molecular weight is 302 g/mol. The van der Waals surface area contributed by atoms with Crippen molar-refractivity contribution in [2.75, 3.05) is 0 Å². The van der Waals surface area contributed by atoms with Gasteiger partial charge in [0.15, 0.2) is 0 Å².